The second-order valence-corrected chi connectivity index (χ2v) is 6.76. The monoisotopic (exact) mass is 392 g/mol. The number of hydrogen-bond acceptors (Lipinski definition) is 7. The smallest absolute Gasteiger partial charge is 0.311 e. The van der Waals surface area contributed by atoms with Crippen LogP contribution in [0.4, 0.5) is 5.82 Å². The van der Waals surface area contributed by atoms with Crippen molar-refractivity contribution in [3.05, 3.63) is 35.2 Å². The molecule has 0 aliphatic carbocycles. The van der Waals surface area contributed by atoms with Crippen LogP contribution in [-0.2, 0) is 21.4 Å². The number of hydrogen-bond donors (Lipinski definition) is 1. The van der Waals surface area contributed by atoms with E-state index in [1.807, 2.05) is 6.20 Å². The van der Waals surface area contributed by atoms with Crippen LogP contribution in [0, 0.1) is 5.92 Å². The predicted molar refractivity (Wildman–Crippen MR) is 97.9 cm³/mol. The Morgan fingerprint density at radius 1 is 1.37 bits per heavy atom. The van der Waals surface area contributed by atoms with Gasteiger partial charge in [-0.25, -0.2) is 0 Å². The lowest BCUT2D eigenvalue weighted by molar-refractivity contribution is -0.155. The van der Waals surface area contributed by atoms with E-state index < -0.39 is 5.92 Å². The van der Waals surface area contributed by atoms with Gasteiger partial charge in [0.1, 0.15) is 12.4 Å². The molecule has 1 N–H and O–H groups in total. The highest BCUT2D eigenvalue weighted by Gasteiger charge is 2.40. The summed E-state index contributed by atoms with van der Waals surface area (Å²) in [6.07, 6.45) is 4.28. The second kappa shape index (κ2) is 8.34. The van der Waals surface area contributed by atoms with E-state index in [9.17, 15) is 9.59 Å². The van der Waals surface area contributed by atoms with Crippen molar-refractivity contribution in [2.45, 2.75) is 18.9 Å². The maximum absolute atomic E-state index is 12.6. The van der Waals surface area contributed by atoms with Gasteiger partial charge in [0.15, 0.2) is 5.15 Å². The van der Waals surface area contributed by atoms with Crippen LogP contribution in [-0.4, -0.2) is 57.0 Å². The van der Waals surface area contributed by atoms with Crippen molar-refractivity contribution in [1.82, 2.24) is 24.9 Å². The predicted octanol–water partition coefficient (Wildman–Crippen LogP) is 1.43. The zero-order valence-corrected chi connectivity index (χ0v) is 15.9. The average molecular weight is 393 g/mol. The largest absolute Gasteiger partial charge is 0.464 e. The molecule has 1 amide bonds. The van der Waals surface area contributed by atoms with Gasteiger partial charge in [0.25, 0.3) is 0 Å². The Kier molecular flexibility index (Phi) is 5.90. The summed E-state index contributed by atoms with van der Waals surface area (Å²) in [7, 11) is 3.51. The van der Waals surface area contributed by atoms with Crippen molar-refractivity contribution in [3.8, 4) is 0 Å². The third kappa shape index (κ3) is 4.54. The Morgan fingerprint density at radius 2 is 2.19 bits per heavy atom. The minimum atomic E-state index is -0.424. The molecule has 1 aliphatic rings. The van der Waals surface area contributed by atoms with Crippen LogP contribution in [0.1, 0.15) is 24.4 Å². The number of carbonyl (C=O) groups is 2. The van der Waals surface area contributed by atoms with Crippen LogP contribution in [0.2, 0.25) is 5.15 Å². The number of rotatable bonds is 6. The van der Waals surface area contributed by atoms with Gasteiger partial charge in [-0.2, -0.15) is 5.10 Å². The Morgan fingerprint density at radius 3 is 2.85 bits per heavy atom. The molecule has 1 saturated heterocycles. The lowest BCUT2D eigenvalue weighted by atomic mass is 9.86. The molecule has 27 heavy (non-hydrogen) atoms. The van der Waals surface area contributed by atoms with E-state index in [0.717, 1.165) is 5.56 Å². The number of carbonyl (C=O) groups excluding carboxylic acids is 2. The standard InChI is InChI=1S/C17H21ClN6O3/c1-23-10-11(9-20-23)16-12(3-6-15(25)24(16)2)17(26)27-8-7-19-14-5-4-13(18)21-22-14/h4-5,9-10,12,16H,3,6-8H2,1-2H3,(H,19,22)/t12-,16-/m0/s1. The first kappa shape index (κ1) is 19.1. The summed E-state index contributed by atoms with van der Waals surface area (Å²) < 4.78 is 7.08. The van der Waals surface area contributed by atoms with Gasteiger partial charge in [-0.3, -0.25) is 14.3 Å². The van der Waals surface area contributed by atoms with Crippen LogP contribution in [0.3, 0.4) is 0 Å². The number of nitrogens with zero attached hydrogens (tertiary/aromatic N) is 5. The second-order valence-electron chi connectivity index (χ2n) is 6.38. The first-order valence-corrected chi connectivity index (χ1v) is 8.97. The molecule has 3 rings (SSSR count). The number of likely N-dealkylation sites (tertiary alicyclic amines) is 1. The quantitative estimate of drug-likeness (QED) is 0.586. The Bertz CT molecular complexity index is 809. The van der Waals surface area contributed by atoms with Crippen LogP contribution in [0.5, 0.6) is 0 Å². The maximum Gasteiger partial charge on any atom is 0.311 e. The third-order valence-corrected chi connectivity index (χ3v) is 4.72. The molecule has 0 aromatic carbocycles. The van der Waals surface area contributed by atoms with Crippen LogP contribution in [0.25, 0.3) is 0 Å². The van der Waals surface area contributed by atoms with E-state index in [-0.39, 0.29) is 24.5 Å². The average Bonchev–Trinajstić information content (AvgIpc) is 3.08. The third-order valence-electron chi connectivity index (χ3n) is 4.51. The van der Waals surface area contributed by atoms with E-state index >= 15 is 0 Å². The number of halogens is 1. The normalized spacial score (nSPS) is 19.8. The molecule has 0 radical (unpaired) electrons. The number of esters is 1. The van der Waals surface area contributed by atoms with Gasteiger partial charge in [-0.1, -0.05) is 11.6 Å². The number of anilines is 1. The van der Waals surface area contributed by atoms with Crippen molar-refractivity contribution in [1.29, 1.82) is 0 Å². The molecule has 0 saturated carbocycles. The Hall–Kier alpha value is -2.68. The van der Waals surface area contributed by atoms with E-state index in [0.29, 0.717) is 30.4 Å². The van der Waals surface area contributed by atoms with Crippen LogP contribution < -0.4 is 5.32 Å². The summed E-state index contributed by atoms with van der Waals surface area (Å²) in [4.78, 5) is 26.3. The summed E-state index contributed by atoms with van der Waals surface area (Å²) >= 11 is 5.68. The zero-order valence-electron chi connectivity index (χ0n) is 15.1. The molecule has 2 atom stereocenters. The lowest BCUT2D eigenvalue weighted by Crippen LogP contribution is -2.43. The fourth-order valence-corrected chi connectivity index (χ4v) is 3.28. The molecule has 0 spiro atoms. The lowest BCUT2D eigenvalue weighted by Gasteiger charge is -2.37. The van der Waals surface area contributed by atoms with Gasteiger partial charge >= 0.3 is 5.97 Å². The number of aromatic nitrogens is 4. The Balaban J connectivity index is 1.58. The molecule has 10 heteroatoms. The number of aryl methyl sites for hydroxylation is 1. The summed E-state index contributed by atoms with van der Waals surface area (Å²) in [6, 6.07) is 2.94. The van der Waals surface area contributed by atoms with Gasteiger partial charge in [-0.15, -0.1) is 10.2 Å². The SMILES string of the molecule is CN1C(=O)CC[C@H](C(=O)OCCNc2ccc(Cl)nn2)[C@@H]1c1cnn(C)c1. The van der Waals surface area contributed by atoms with Crippen molar-refractivity contribution in [2.24, 2.45) is 13.0 Å². The molecule has 9 nitrogen and oxygen atoms in total. The minimum absolute atomic E-state index is 0.0101. The molecule has 1 fully saturated rings. The van der Waals surface area contributed by atoms with E-state index in [4.69, 9.17) is 16.3 Å². The summed E-state index contributed by atoms with van der Waals surface area (Å²) in [6.45, 7) is 0.568. The van der Waals surface area contributed by atoms with Crippen molar-refractivity contribution < 1.29 is 14.3 Å². The molecule has 2 aromatic rings. The van der Waals surface area contributed by atoms with Gasteiger partial charge < -0.3 is 15.0 Å². The molecule has 1 aliphatic heterocycles. The van der Waals surface area contributed by atoms with Gasteiger partial charge in [0.05, 0.1) is 24.7 Å². The number of amides is 1. The minimum Gasteiger partial charge on any atom is -0.464 e. The highest BCUT2D eigenvalue weighted by Crippen LogP contribution is 2.36. The molecule has 3 heterocycles. The van der Waals surface area contributed by atoms with E-state index in [1.165, 1.54) is 0 Å². The van der Waals surface area contributed by atoms with E-state index in [2.05, 4.69) is 20.6 Å². The molecule has 0 unspecified atom stereocenters. The fourth-order valence-electron chi connectivity index (χ4n) is 3.18. The maximum atomic E-state index is 12.6. The van der Waals surface area contributed by atoms with Gasteiger partial charge in [0, 0.05) is 32.3 Å². The van der Waals surface area contributed by atoms with Crippen LogP contribution >= 0.6 is 11.6 Å². The zero-order chi connectivity index (χ0) is 19.4. The molecule has 0 bridgehead atoms. The molecular formula is C17H21ClN6O3. The fraction of sp³-hybridized carbons (Fsp3) is 0.471. The highest BCUT2D eigenvalue weighted by atomic mass is 35.5. The van der Waals surface area contributed by atoms with Crippen molar-refractivity contribution in [3.63, 3.8) is 0 Å². The number of nitrogens with one attached hydrogen (secondary N) is 1. The van der Waals surface area contributed by atoms with Crippen LogP contribution in [0.15, 0.2) is 24.5 Å². The molecule has 2 aromatic heterocycles. The summed E-state index contributed by atoms with van der Waals surface area (Å²) in [5.74, 6) is -0.193. The first-order chi connectivity index (χ1) is 13.0. The van der Waals surface area contributed by atoms with Gasteiger partial charge in [0.2, 0.25) is 5.91 Å². The number of piperidine rings is 1. The van der Waals surface area contributed by atoms with Crippen molar-refractivity contribution in [2.75, 3.05) is 25.5 Å². The number of ether oxygens (including phenoxy) is 1. The molecule has 144 valence electrons. The van der Waals surface area contributed by atoms with E-state index in [1.54, 1.807) is 42.0 Å². The molecular weight excluding hydrogens is 372 g/mol. The summed E-state index contributed by atoms with van der Waals surface area (Å²) in [5, 5.41) is 15.1. The topological polar surface area (TPSA) is 102 Å². The highest BCUT2D eigenvalue weighted by molar-refractivity contribution is 6.29. The van der Waals surface area contributed by atoms with Gasteiger partial charge in [-0.05, 0) is 18.6 Å². The first-order valence-electron chi connectivity index (χ1n) is 8.59. The Labute approximate surface area is 161 Å². The summed E-state index contributed by atoms with van der Waals surface area (Å²) in [5.41, 5.74) is 0.824. The van der Waals surface area contributed by atoms with Crippen molar-refractivity contribution >= 4 is 29.3 Å².